The van der Waals surface area contributed by atoms with Gasteiger partial charge in [0.25, 0.3) is 0 Å². The minimum absolute atomic E-state index is 0.0121. The largest absolute Gasteiger partial charge is 0.377 e. The Hall–Kier alpha value is -1.53. The summed E-state index contributed by atoms with van der Waals surface area (Å²) in [6.07, 6.45) is 4.98. The Kier molecular flexibility index (Phi) is 6.07. The van der Waals surface area contributed by atoms with E-state index in [1.807, 2.05) is 0 Å². The predicted molar refractivity (Wildman–Crippen MR) is 76.1 cm³/mol. The summed E-state index contributed by atoms with van der Waals surface area (Å²) < 4.78 is 32.3. The Morgan fingerprint density at radius 1 is 1.24 bits per heavy atom. The number of rotatable bonds is 7. The molecule has 1 aliphatic carbocycles. The minimum atomic E-state index is -0.784. The van der Waals surface area contributed by atoms with E-state index in [1.54, 1.807) is 0 Å². The summed E-state index contributed by atoms with van der Waals surface area (Å²) in [5, 5.41) is 5.10. The predicted octanol–water partition coefficient (Wildman–Crippen LogP) is 2.45. The van der Waals surface area contributed by atoms with E-state index < -0.39 is 23.2 Å². The third-order valence-electron chi connectivity index (χ3n) is 3.45. The van der Waals surface area contributed by atoms with Gasteiger partial charge >= 0.3 is 0 Å². The van der Waals surface area contributed by atoms with E-state index in [2.05, 4.69) is 10.6 Å². The van der Waals surface area contributed by atoms with Crippen molar-refractivity contribution in [2.45, 2.75) is 31.8 Å². The van der Waals surface area contributed by atoms with E-state index in [1.165, 1.54) is 18.9 Å². The topological polar surface area (TPSA) is 50.4 Å². The molecule has 1 saturated carbocycles. The number of carbonyl (C=O) groups is 1. The van der Waals surface area contributed by atoms with Crippen LogP contribution in [0.3, 0.4) is 0 Å². The molecule has 0 atom stereocenters. The van der Waals surface area contributed by atoms with Gasteiger partial charge in [-0.2, -0.15) is 0 Å². The highest BCUT2D eigenvalue weighted by atomic mass is 19.1. The Bertz CT molecular complexity index is 456. The van der Waals surface area contributed by atoms with Crippen molar-refractivity contribution in [1.29, 1.82) is 0 Å². The van der Waals surface area contributed by atoms with Gasteiger partial charge in [0.2, 0.25) is 5.91 Å². The molecule has 0 saturated heterocycles. The molecule has 2 N–H and O–H groups in total. The van der Waals surface area contributed by atoms with Gasteiger partial charge in [0.05, 0.1) is 19.3 Å². The van der Waals surface area contributed by atoms with Crippen LogP contribution < -0.4 is 10.6 Å². The summed E-state index contributed by atoms with van der Waals surface area (Å²) in [6, 6.07) is 3.45. The van der Waals surface area contributed by atoms with Gasteiger partial charge in [-0.25, -0.2) is 8.78 Å². The smallest absolute Gasteiger partial charge is 0.238 e. The molecular formula is C15H20F2N2O2. The summed E-state index contributed by atoms with van der Waals surface area (Å²) in [7, 11) is 0. The molecule has 21 heavy (non-hydrogen) atoms. The Labute approximate surface area is 122 Å². The average Bonchev–Trinajstić information content (AvgIpc) is 2.96. The van der Waals surface area contributed by atoms with Crippen LogP contribution in [0.15, 0.2) is 18.2 Å². The molecule has 1 aromatic rings. The Morgan fingerprint density at radius 2 is 1.90 bits per heavy atom. The van der Waals surface area contributed by atoms with Crippen LogP contribution in [-0.2, 0) is 9.53 Å². The van der Waals surface area contributed by atoms with Crippen molar-refractivity contribution in [2.75, 3.05) is 25.0 Å². The number of hydrogen-bond acceptors (Lipinski definition) is 3. The van der Waals surface area contributed by atoms with E-state index in [0.717, 1.165) is 25.0 Å². The Morgan fingerprint density at radius 3 is 2.57 bits per heavy atom. The molecule has 0 aliphatic heterocycles. The molecule has 1 aliphatic rings. The van der Waals surface area contributed by atoms with Crippen molar-refractivity contribution in [3.05, 3.63) is 29.8 Å². The molecule has 2 rings (SSSR count). The van der Waals surface area contributed by atoms with Crippen LogP contribution in [0.5, 0.6) is 0 Å². The van der Waals surface area contributed by atoms with Crippen LogP contribution in [0, 0.1) is 11.6 Å². The third kappa shape index (κ3) is 5.06. The zero-order valence-corrected chi connectivity index (χ0v) is 11.8. The van der Waals surface area contributed by atoms with E-state index in [9.17, 15) is 13.6 Å². The van der Waals surface area contributed by atoms with Gasteiger partial charge < -0.3 is 15.4 Å². The van der Waals surface area contributed by atoms with E-state index in [4.69, 9.17) is 4.74 Å². The van der Waals surface area contributed by atoms with Crippen LogP contribution in [0.25, 0.3) is 0 Å². The maximum atomic E-state index is 13.3. The number of hydrogen-bond donors (Lipinski definition) is 2. The number of benzene rings is 1. The number of para-hydroxylation sites is 1. The molecule has 1 amide bonds. The van der Waals surface area contributed by atoms with Crippen LogP contribution in [-0.4, -0.2) is 31.7 Å². The van der Waals surface area contributed by atoms with Gasteiger partial charge in [-0.1, -0.05) is 18.9 Å². The molecule has 0 spiro atoms. The first-order valence-electron chi connectivity index (χ1n) is 7.23. The highest BCUT2D eigenvalue weighted by Gasteiger charge is 2.15. The lowest BCUT2D eigenvalue weighted by Crippen LogP contribution is -2.31. The summed E-state index contributed by atoms with van der Waals surface area (Å²) in [4.78, 5) is 11.6. The molecule has 0 unspecified atom stereocenters. The first-order valence-corrected chi connectivity index (χ1v) is 7.23. The third-order valence-corrected chi connectivity index (χ3v) is 3.45. The van der Waals surface area contributed by atoms with Crippen molar-refractivity contribution in [3.63, 3.8) is 0 Å². The average molecular weight is 298 g/mol. The summed E-state index contributed by atoms with van der Waals surface area (Å²) >= 11 is 0. The minimum Gasteiger partial charge on any atom is -0.377 e. The second-order valence-corrected chi connectivity index (χ2v) is 5.10. The van der Waals surface area contributed by atoms with Gasteiger partial charge in [0, 0.05) is 6.54 Å². The van der Waals surface area contributed by atoms with Crippen molar-refractivity contribution in [1.82, 2.24) is 5.32 Å². The zero-order chi connectivity index (χ0) is 15.1. The van der Waals surface area contributed by atoms with E-state index in [0.29, 0.717) is 19.3 Å². The fraction of sp³-hybridized carbons (Fsp3) is 0.533. The fourth-order valence-electron chi connectivity index (χ4n) is 2.36. The Balaban J connectivity index is 1.63. The number of halogens is 2. The molecule has 0 radical (unpaired) electrons. The molecule has 116 valence electrons. The zero-order valence-electron chi connectivity index (χ0n) is 11.8. The SMILES string of the molecule is O=C(CNCCOC1CCCC1)Nc1c(F)cccc1F. The lowest BCUT2D eigenvalue weighted by molar-refractivity contribution is -0.115. The standard InChI is InChI=1S/C15H20F2N2O2/c16-12-6-3-7-13(17)15(12)19-14(20)10-18-8-9-21-11-4-1-2-5-11/h3,6-7,11,18H,1-2,4-5,8-10H2,(H,19,20). The second-order valence-electron chi connectivity index (χ2n) is 5.10. The lowest BCUT2D eigenvalue weighted by atomic mass is 10.3. The highest BCUT2D eigenvalue weighted by molar-refractivity contribution is 5.92. The number of anilines is 1. The van der Waals surface area contributed by atoms with Crippen LogP contribution in [0.2, 0.25) is 0 Å². The van der Waals surface area contributed by atoms with Gasteiger partial charge in [0.1, 0.15) is 17.3 Å². The molecule has 0 heterocycles. The van der Waals surface area contributed by atoms with Crippen molar-refractivity contribution in [3.8, 4) is 0 Å². The summed E-state index contributed by atoms with van der Waals surface area (Å²) in [6.45, 7) is 1.05. The van der Waals surface area contributed by atoms with E-state index >= 15 is 0 Å². The van der Waals surface area contributed by atoms with Crippen molar-refractivity contribution in [2.24, 2.45) is 0 Å². The van der Waals surface area contributed by atoms with Crippen molar-refractivity contribution >= 4 is 11.6 Å². The molecular weight excluding hydrogens is 278 g/mol. The van der Waals surface area contributed by atoms with Crippen LogP contribution >= 0.6 is 0 Å². The lowest BCUT2D eigenvalue weighted by Gasteiger charge is -2.11. The fourth-order valence-corrected chi connectivity index (χ4v) is 2.36. The molecule has 0 aromatic heterocycles. The molecule has 1 aromatic carbocycles. The number of ether oxygens (including phenoxy) is 1. The van der Waals surface area contributed by atoms with Gasteiger partial charge in [-0.3, -0.25) is 4.79 Å². The molecule has 6 heteroatoms. The van der Waals surface area contributed by atoms with Crippen LogP contribution in [0.4, 0.5) is 14.5 Å². The molecule has 0 bridgehead atoms. The second kappa shape index (κ2) is 8.05. The van der Waals surface area contributed by atoms with Crippen molar-refractivity contribution < 1.29 is 18.3 Å². The first kappa shape index (κ1) is 15.9. The summed E-state index contributed by atoms with van der Waals surface area (Å²) in [5.74, 6) is -2.05. The van der Waals surface area contributed by atoms with Gasteiger partial charge in [0.15, 0.2) is 0 Å². The quantitative estimate of drug-likeness (QED) is 0.760. The van der Waals surface area contributed by atoms with E-state index in [-0.39, 0.29) is 6.54 Å². The first-order chi connectivity index (χ1) is 10.2. The maximum Gasteiger partial charge on any atom is 0.238 e. The van der Waals surface area contributed by atoms with Gasteiger partial charge in [-0.05, 0) is 25.0 Å². The molecule has 4 nitrogen and oxygen atoms in total. The summed E-state index contributed by atoms with van der Waals surface area (Å²) in [5.41, 5.74) is -0.411. The number of carbonyl (C=O) groups excluding carboxylic acids is 1. The normalized spacial score (nSPS) is 15.3. The molecule has 1 fully saturated rings. The number of nitrogens with one attached hydrogen (secondary N) is 2. The number of amides is 1. The van der Waals surface area contributed by atoms with Gasteiger partial charge in [-0.15, -0.1) is 0 Å². The monoisotopic (exact) mass is 298 g/mol. The van der Waals surface area contributed by atoms with Crippen LogP contribution in [0.1, 0.15) is 25.7 Å². The highest BCUT2D eigenvalue weighted by Crippen LogP contribution is 2.20. The maximum absolute atomic E-state index is 13.3.